The van der Waals surface area contributed by atoms with E-state index in [1.807, 2.05) is 0 Å². The topological polar surface area (TPSA) is 72.8 Å². The van der Waals surface area contributed by atoms with E-state index < -0.39 is 32.0 Å². The van der Waals surface area contributed by atoms with Crippen LogP contribution in [0.5, 0.6) is 0 Å². The molecular weight excluding hydrogens is 364 g/mol. The second-order valence-corrected chi connectivity index (χ2v) is 8.56. The molecule has 5 nitrogen and oxygen atoms in total. The Balaban J connectivity index is 2.47. The van der Waals surface area contributed by atoms with Crippen molar-refractivity contribution in [3.8, 4) is 0 Å². The number of carbonyl (C=O) groups excluding carboxylic acids is 1. The number of rotatable bonds is 6. The van der Waals surface area contributed by atoms with Crippen molar-refractivity contribution < 1.29 is 26.8 Å². The van der Waals surface area contributed by atoms with E-state index in [-0.39, 0.29) is 24.0 Å². The number of nitrogens with zero attached hydrogens (tertiary/aromatic N) is 1. The quantitative estimate of drug-likeness (QED) is 0.323. The number of alkyl halides is 2. The summed E-state index contributed by atoms with van der Waals surface area (Å²) in [7, 11) is -4.85. The van der Waals surface area contributed by atoms with Gasteiger partial charge in [0.05, 0.1) is 5.25 Å². The zero-order chi connectivity index (χ0) is 19.4. The molecule has 0 saturated heterocycles. The van der Waals surface area contributed by atoms with Crippen molar-refractivity contribution in [3.63, 3.8) is 0 Å². The van der Waals surface area contributed by atoms with Crippen LogP contribution in [0.4, 0.5) is 8.78 Å². The van der Waals surface area contributed by atoms with Gasteiger partial charge < -0.3 is 4.84 Å². The summed E-state index contributed by atoms with van der Waals surface area (Å²) in [5.41, 5.74) is -1.27. The average Bonchev–Trinajstić information content (AvgIpc) is 2.63. The summed E-state index contributed by atoms with van der Waals surface area (Å²) >= 11 is 0. The van der Waals surface area contributed by atoms with E-state index in [9.17, 15) is 13.2 Å². The van der Waals surface area contributed by atoms with Gasteiger partial charge in [0.15, 0.2) is 5.71 Å². The largest absolute Gasteiger partial charge is 0.391 e. The molecule has 0 radical (unpaired) electrons. The second-order valence-electron chi connectivity index (χ2n) is 6.29. The van der Waals surface area contributed by atoms with Gasteiger partial charge in [-0.1, -0.05) is 61.3 Å². The first kappa shape index (κ1) is 20.2. The number of sulfone groups is 1. The van der Waals surface area contributed by atoms with E-state index >= 15 is 8.78 Å². The van der Waals surface area contributed by atoms with Crippen LogP contribution in [0, 0.1) is 0 Å². The molecular formula is C18H21F2NO4S. The molecule has 1 aromatic carbocycles. The summed E-state index contributed by atoms with van der Waals surface area (Å²) in [5.74, 6) is -1.01. The first-order valence-electron chi connectivity index (χ1n) is 8.30. The van der Waals surface area contributed by atoms with Crippen LogP contribution >= 0.6 is 0 Å². The van der Waals surface area contributed by atoms with Gasteiger partial charge >= 0.3 is 11.2 Å². The number of halogens is 2. The number of oxime groups is 1. The standard InChI is InChI=1S/C18H21F2NO4S/c1-13(2)17(22)25-21-16(14-9-5-3-6-10-14)18(19,20)26(23,24)15-11-7-4-8-12-15/h3,5-6,9-10,15H,1,4,7-8,11-12H2,2H3. The fraction of sp³-hybridized carbons (Fsp3) is 0.444. The SMILES string of the molecule is C=C(C)C(=O)ON=C(c1ccccc1)C(F)(F)S(=O)(=O)C1CCCCC1. The summed E-state index contributed by atoms with van der Waals surface area (Å²) in [6, 6.07) is 7.10. The number of hydrogen-bond donors (Lipinski definition) is 0. The fourth-order valence-electron chi connectivity index (χ4n) is 2.75. The molecule has 1 aliphatic carbocycles. The third-order valence-electron chi connectivity index (χ3n) is 4.24. The van der Waals surface area contributed by atoms with Gasteiger partial charge in [0.1, 0.15) is 0 Å². The van der Waals surface area contributed by atoms with Gasteiger partial charge in [-0.3, -0.25) is 0 Å². The number of benzene rings is 1. The maximum Gasteiger partial charge on any atom is 0.391 e. The predicted molar refractivity (Wildman–Crippen MR) is 94.6 cm³/mol. The summed E-state index contributed by atoms with van der Waals surface area (Å²) in [5, 5.41) is -2.20. The van der Waals surface area contributed by atoms with Crippen molar-refractivity contribution in [1.29, 1.82) is 0 Å². The first-order valence-corrected chi connectivity index (χ1v) is 9.84. The van der Waals surface area contributed by atoms with Gasteiger partial charge in [0.25, 0.3) is 0 Å². The minimum atomic E-state index is -4.85. The predicted octanol–water partition coefficient (Wildman–Crippen LogP) is 3.85. The minimum Gasteiger partial charge on any atom is -0.313 e. The lowest BCUT2D eigenvalue weighted by molar-refractivity contribution is -0.139. The molecule has 0 spiro atoms. The lowest BCUT2D eigenvalue weighted by atomic mass is 10.0. The lowest BCUT2D eigenvalue weighted by Crippen LogP contribution is -2.45. The van der Waals surface area contributed by atoms with E-state index in [0.29, 0.717) is 12.8 Å². The fourth-order valence-corrected chi connectivity index (χ4v) is 4.55. The molecule has 0 N–H and O–H groups in total. The molecule has 2 rings (SSSR count). The lowest BCUT2D eigenvalue weighted by Gasteiger charge is -2.27. The van der Waals surface area contributed by atoms with Gasteiger partial charge in [-0.2, -0.15) is 8.78 Å². The Labute approximate surface area is 151 Å². The minimum absolute atomic E-state index is 0.0420. The van der Waals surface area contributed by atoms with E-state index in [1.165, 1.54) is 31.2 Å². The molecule has 1 fully saturated rings. The Morgan fingerprint density at radius 1 is 1.19 bits per heavy atom. The highest BCUT2D eigenvalue weighted by Crippen LogP contribution is 2.36. The van der Waals surface area contributed by atoms with E-state index in [1.54, 1.807) is 6.07 Å². The Hall–Kier alpha value is -2.09. The zero-order valence-electron chi connectivity index (χ0n) is 14.5. The second kappa shape index (κ2) is 8.07. The molecule has 0 amide bonds. The summed E-state index contributed by atoms with van der Waals surface area (Å²) in [6.07, 6.45) is 2.37. The Morgan fingerprint density at radius 2 is 1.77 bits per heavy atom. The molecule has 1 aliphatic rings. The maximum absolute atomic E-state index is 15.1. The Morgan fingerprint density at radius 3 is 2.31 bits per heavy atom. The molecule has 0 atom stereocenters. The van der Waals surface area contributed by atoms with Crippen molar-refractivity contribution in [2.45, 2.75) is 49.5 Å². The summed E-state index contributed by atoms with van der Waals surface area (Å²) in [4.78, 5) is 16.0. The molecule has 1 saturated carbocycles. The maximum atomic E-state index is 15.1. The van der Waals surface area contributed by atoms with Crippen LogP contribution in [0.25, 0.3) is 0 Å². The van der Waals surface area contributed by atoms with Crippen LogP contribution in [0.15, 0.2) is 47.6 Å². The molecule has 26 heavy (non-hydrogen) atoms. The smallest absolute Gasteiger partial charge is 0.313 e. The van der Waals surface area contributed by atoms with Crippen LogP contribution in [0.3, 0.4) is 0 Å². The molecule has 1 aromatic rings. The normalized spacial score (nSPS) is 17.0. The molecule has 142 valence electrons. The van der Waals surface area contributed by atoms with E-state index in [2.05, 4.69) is 16.6 Å². The molecule has 0 aromatic heterocycles. The monoisotopic (exact) mass is 385 g/mol. The van der Waals surface area contributed by atoms with Gasteiger partial charge in [-0.25, -0.2) is 13.2 Å². The Bertz CT molecular complexity index is 798. The van der Waals surface area contributed by atoms with Crippen LogP contribution in [-0.4, -0.2) is 30.6 Å². The van der Waals surface area contributed by atoms with E-state index in [0.717, 1.165) is 6.42 Å². The molecule has 0 aliphatic heterocycles. The van der Waals surface area contributed by atoms with Crippen LogP contribution in [-0.2, 0) is 19.5 Å². The van der Waals surface area contributed by atoms with Crippen LogP contribution < -0.4 is 0 Å². The highest BCUT2D eigenvalue weighted by molar-refractivity contribution is 7.93. The van der Waals surface area contributed by atoms with Crippen molar-refractivity contribution in [2.75, 3.05) is 0 Å². The summed E-state index contributed by atoms with van der Waals surface area (Å²) in [6.45, 7) is 4.67. The highest BCUT2D eigenvalue weighted by Gasteiger charge is 2.54. The average molecular weight is 385 g/mol. The highest BCUT2D eigenvalue weighted by atomic mass is 32.2. The van der Waals surface area contributed by atoms with Crippen molar-refractivity contribution in [3.05, 3.63) is 48.0 Å². The zero-order valence-corrected chi connectivity index (χ0v) is 15.3. The van der Waals surface area contributed by atoms with Gasteiger partial charge in [0.2, 0.25) is 9.84 Å². The number of carbonyl (C=O) groups is 1. The van der Waals surface area contributed by atoms with Gasteiger partial charge in [-0.05, 0) is 19.8 Å². The molecule has 0 bridgehead atoms. The van der Waals surface area contributed by atoms with Crippen LogP contribution in [0.2, 0.25) is 0 Å². The number of hydrogen-bond acceptors (Lipinski definition) is 5. The van der Waals surface area contributed by atoms with Crippen molar-refractivity contribution in [1.82, 2.24) is 0 Å². The van der Waals surface area contributed by atoms with Crippen LogP contribution in [0.1, 0.15) is 44.6 Å². The van der Waals surface area contributed by atoms with Crippen molar-refractivity contribution >= 4 is 21.5 Å². The van der Waals surface area contributed by atoms with E-state index in [4.69, 9.17) is 0 Å². The molecule has 8 heteroatoms. The van der Waals surface area contributed by atoms with Gasteiger partial charge in [0, 0.05) is 11.1 Å². The van der Waals surface area contributed by atoms with Gasteiger partial charge in [-0.15, -0.1) is 0 Å². The third kappa shape index (κ3) is 4.17. The Kier molecular flexibility index (Phi) is 6.28. The molecule has 0 unspecified atom stereocenters. The van der Waals surface area contributed by atoms with Crippen molar-refractivity contribution in [2.24, 2.45) is 5.16 Å². The first-order chi connectivity index (χ1) is 12.2. The molecule has 0 heterocycles. The summed E-state index contributed by atoms with van der Waals surface area (Å²) < 4.78 is 55.3. The third-order valence-corrected chi connectivity index (χ3v) is 6.50.